The van der Waals surface area contributed by atoms with Crippen LogP contribution in [0, 0.1) is 0 Å². The fourth-order valence-corrected chi connectivity index (χ4v) is 2.77. The zero-order valence-corrected chi connectivity index (χ0v) is 17.7. The van der Waals surface area contributed by atoms with Crippen LogP contribution in [0.1, 0.15) is 22.8 Å². The summed E-state index contributed by atoms with van der Waals surface area (Å²) < 4.78 is 15.7. The van der Waals surface area contributed by atoms with Crippen molar-refractivity contribution in [2.45, 2.75) is 13.5 Å². The maximum atomic E-state index is 12.3. The molecule has 2 rings (SSSR count). The molecule has 156 valence electrons. The lowest BCUT2D eigenvalue weighted by molar-refractivity contribution is -0.124. The lowest BCUT2D eigenvalue weighted by atomic mass is 10.2. The van der Waals surface area contributed by atoms with Gasteiger partial charge in [0.1, 0.15) is 0 Å². The minimum absolute atomic E-state index is 0.169. The number of carbonyl (C=O) groups is 2. The maximum Gasteiger partial charge on any atom is 0.338 e. The Morgan fingerprint density at radius 1 is 1.14 bits per heavy atom. The van der Waals surface area contributed by atoms with Crippen molar-refractivity contribution in [1.29, 1.82) is 0 Å². The monoisotopic (exact) mass is 420 g/mol. The van der Waals surface area contributed by atoms with E-state index in [4.69, 9.17) is 25.8 Å². The fourth-order valence-electron chi connectivity index (χ4n) is 2.50. The average Bonchev–Trinajstić information content (AvgIpc) is 2.72. The van der Waals surface area contributed by atoms with Crippen LogP contribution in [-0.2, 0) is 16.1 Å². The van der Waals surface area contributed by atoms with Crippen LogP contribution >= 0.6 is 11.6 Å². The molecular formula is C21H25ClN2O5. The van der Waals surface area contributed by atoms with E-state index in [2.05, 4.69) is 5.32 Å². The van der Waals surface area contributed by atoms with Crippen LogP contribution < -0.4 is 19.7 Å². The second-order valence-electron chi connectivity index (χ2n) is 6.34. The van der Waals surface area contributed by atoms with Gasteiger partial charge in [-0.05, 0) is 36.8 Å². The number of benzene rings is 2. The van der Waals surface area contributed by atoms with E-state index in [1.807, 2.05) is 50.2 Å². The number of halogens is 1. The molecule has 0 aliphatic carbocycles. The number of carbonyl (C=O) groups excluding carboxylic acids is 2. The third-order valence-electron chi connectivity index (χ3n) is 4.03. The van der Waals surface area contributed by atoms with Gasteiger partial charge in [0, 0.05) is 26.3 Å². The number of anilines is 1. The first-order valence-corrected chi connectivity index (χ1v) is 9.44. The Bertz CT molecular complexity index is 853. The summed E-state index contributed by atoms with van der Waals surface area (Å²) in [5.74, 6) is -0.416. The summed E-state index contributed by atoms with van der Waals surface area (Å²) in [4.78, 5) is 26.2. The number of esters is 1. The predicted molar refractivity (Wildman–Crippen MR) is 112 cm³/mol. The number of rotatable bonds is 9. The Labute approximate surface area is 175 Å². The quantitative estimate of drug-likeness (QED) is 0.627. The highest BCUT2D eigenvalue weighted by Crippen LogP contribution is 2.36. The molecule has 0 spiro atoms. The molecule has 29 heavy (non-hydrogen) atoms. The van der Waals surface area contributed by atoms with Crippen molar-refractivity contribution in [3.8, 4) is 11.5 Å². The maximum absolute atomic E-state index is 12.3. The summed E-state index contributed by atoms with van der Waals surface area (Å²) in [6.45, 7) is 2.15. The van der Waals surface area contributed by atoms with Crippen LogP contribution in [0.3, 0.4) is 0 Å². The molecule has 2 aromatic rings. The predicted octanol–water partition coefficient (Wildman–Crippen LogP) is 3.29. The van der Waals surface area contributed by atoms with Gasteiger partial charge in [-0.25, -0.2) is 4.79 Å². The molecule has 0 aromatic heterocycles. The molecule has 0 aliphatic heterocycles. The van der Waals surface area contributed by atoms with Gasteiger partial charge in [0.05, 0.1) is 24.3 Å². The van der Waals surface area contributed by atoms with Crippen molar-refractivity contribution < 1.29 is 23.8 Å². The van der Waals surface area contributed by atoms with E-state index in [0.29, 0.717) is 24.7 Å². The zero-order chi connectivity index (χ0) is 21.4. The summed E-state index contributed by atoms with van der Waals surface area (Å²) in [6.07, 6.45) is 0. The van der Waals surface area contributed by atoms with Crippen LogP contribution in [0.2, 0.25) is 5.02 Å². The first kappa shape index (κ1) is 22.4. The van der Waals surface area contributed by atoms with Crippen LogP contribution in [0.4, 0.5) is 5.69 Å². The van der Waals surface area contributed by atoms with Gasteiger partial charge in [-0.2, -0.15) is 0 Å². The number of hydrogen-bond donors (Lipinski definition) is 1. The first-order valence-electron chi connectivity index (χ1n) is 9.06. The lowest BCUT2D eigenvalue weighted by Gasteiger charge is -2.13. The van der Waals surface area contributed by atoms with Crippen LogP contribution in [0.25, 0.3) is 0 Å². The van der Waals surface area contributed by atoms with Gasteiger partial charge in [0.2, 0.25) is 0 Å². The SMILES string of the molecule is CCOc1c(Cl)cc(C(=O)OCC(=O)NCc2ccc(N(C)C)cc2)cc1OC. The molecule has 1 N–H and O–H groups in total. The van der Waals surface area contributed by atoms with Crippen LogP contribution in [0.15, 0.2) is 36.4 Å². The molecule has 2 aromatic carbocycles. The topological polar surface area (TPSA) is 77.1 Å². The Morgan fingerprint density at radius 2 is 1.83 bits per heavy atom. The standard InChI is InChI=1S/C21H25ClN2O5/c1-5-28-20-17(22)10-15(11-18(20)27-4)21(26)29-13-19(25)23-12-14-6-8-16(9-7-14)24(2)3/h6-11H,5,12-13H2,1-4H3,(H,23,25). The van der Waals surface area contributed by atoms with Gasteiger partial charge in [-0.1, -0.05) is 23.7 Å². The third kappa shape index (κ3) is 6.29. The normalized spacial score (nSPS) is 10.2. The molecule has 1 amide bonds. The van der Waals surface area contributed by atoms with Gasteiger partial charge in [-0.15, -0.1) is 0 Å². The van der Waals surface area contributed by atoms with Crippen molar-refractivity contribution in [1.82, 2.24) is 5.32 Å². The van der Waals surface area contributed by atoms with Crippen molar-refractivity contribution in [3.05, 3.63) is 52.5 Å². The summed E-state index contributed by atoms with van der Waals surface area (Å²) in [5, 5.41) is 2.94. The Balaban J connectivity index is 1.89. The molecule has 7 nitrogen and oxygen atoms in total. The van der Waals surface area contributed by atoms with E-state index in [-0.39, 0.29) is 10.6 Å². The number of hydrogen-bond acceptors (Lipinski definition) is 6. The lowest BCUT2D eigenvalue weighted by Crippen LogP contribution is -2.28. The second kappa shape index (κ2) is 10.6. The highest BCUT2D eigenvalue weighted by atomic mass is 35.5. The van der Waals surface area contributed by atoms with Crippen LogP contribution in [-0.4, -0.2) is 46.3 Å². The summed E-state index contributed by atoms with van der Waals surface area (Å²) in [7, 11) is 5.36. The molecule has 0 saturated heterocycles. The molecular weight excluding hydrogens is 396 g/mol. The van der Waals surface area contributed by atoms with E-state index in [0.717, 1.165) is 11.3 Å². The van der Waals surface area contributed by atoms with Crippen LogP contribution in [0.5, 0.6) is 11.5 Å². The Morgan fingerprint density at radius 3 is 2.41 bits per heavy atom. The minimum atomic E-state index is -0.682. The van der Waals surface area contributed by atoms with Gasteiger partial charge in [0.25, 0.3) is 5.91 Å². The van der Waals surface area contributed by atoms with Crippen molar-refractivity contribution in [3.63, 3.8) is 0 Å². The molecule has 0 heterocycles. The van der Waals surface area contributed by atoms with Crippen molar-refractivity contribution in [2.75, 3.05) is 39.3 Å². The minimum Gasteiger partial charge on any atom is -0.493 e. The summed E-state index contributed by atoms with van der Waals surface area (Å²) in [6, 6.07) is 10.7. The largest absolute Gasteiger partial charge is 0.493 e. The average molecular weight is 421 g/mol. The van der Waals surface area contributed by atoms with E-state index in [1.54, 1.807) is 0 Å². The molecule has 0 atom stereocenters. The van der Waals surface area contributed by atoms with E-state index in [1.165, 1.54) is 19.2 Å². The first-order chi connectivity index (χ1) is 13.8. The molecule has 0 radical (unpaired) electrons. The van der Waals surface area contributed by atoms with Gasteiger partial charge in [-0.3, -0.25) is 4.79 Å². The summed E-state index contributed by atoms with van der Waals surface area (Å²) >= 11 is 6.15. The highest BCUT2D eigenvalue weighted by molar-refractivity contribution is 6.32. The third-order valence-corrected chi connectivity index (χ3v) is 4.31. The second-order valence-corrected chi connectivity index (χ2v) is 6.74. The van der Waals surface area contributed by atoms with Gasteiger partial charge < -0.3 is 24.4 Å². The van der Waals surface area contributed by atoms with Gasteiger partial charge >= 0.3 is 5.97 Å². The molecule has 0 saturated carbocycles. The Hall–Kier alpha value is -2.93. The summed E-state index contributed by atoms with van der Waals surface area (Å²) in [5.41, 5.74) is 2.18. The highest BCUT2D eigenvalue weighted by Gasteiger charge is 2.17. The molecule has 0 unspecified atom stereocenters. The smallest absolute Gasteiger partial charge is 0.338 e. The number of methoxy groups -OCH3 is 1. The number of amides is 1. The number of nitrogens with one attached hydrogen (secondary N) is 1. The molecule has 0 bridgehead atoms. The van der Waals surface area contributed by atoms with Crippen molar-refractivity contribution >= 4 is 29.2 Å². The van der Waals surface area contributed by atoms with E-state index in [9.17, 15) is 9.59 Å². The van der Waals surface area contributed by atoms with Gasteiger partial charge in [0.15, 0.2) is 18.1 Å². The molecule has 0 fully saturated rings. The molecule has 0 aliphatic rings. The van der Waals surface area contributed by atoms with E-state index < -0.39 is 18.5 Å². The number of nitrogens with zero attached hydrogens (tertiary/aromatic N) is 1. The fraction of sp³-hybridized carbons (Fsp3) is 0.333. The number of ether oxygens (including phenoxy) is 3. The van der Waals surface area contributed by atoms with Crippen molar-refractivity contribution in [2.24, 2.45) is 0 Å². The molecule has 8 heteroatoms. The Kier molecular flexibility index (Phi) is 8.15. The van der Waals surface area contributed by atoms with E-state index >= 15 is 0 Å². The zero-order valence-electron chi connectivity index (χ0n) is 17.0.